The van der Waals surface area contributed by atoms with Gasteiger partial charge in [-0.3, -0.25) is 0 Å². The highest BCUT2D eigenvalue weighted by Gasteiger charge is 2.25. The van der Waals surface area contributed by atoms with Crippen molar-refractivity contribution in [2.75, 3.05) is 25.6 Å². The molecule has 1 heterocycles. The summed E-state index contributed by atoms with van der Waals surface area (Å²) in [7, 11) is 0. The Morgan fingerprint density at radius 3 is 2.64 bits per heavy atom. The second-order valence-corrected chi connectivity index (χ2v) is 5.43. The van der Waals surface area contributed by atoms with Crippen molar-refractivity contribution in [3.05, 3.63) is 0 Å². The molecule has 2 atom stereocenters. The SMILES string of the molecule is CC(C)(C)C(CS)COC1CCOC1. The molecule has 0 amide bonds. The van der Waals surface area contributed by atoms with E-state index in [9.17, 15) is 0 Å². The lowest BCUT2D eigenvalue weighted by atomic mass is 9.82. The monoisotopic (exact) mass is 218 g/mol. The first-order chi connectivity index (χ1) is 6.54. The summed E-state index contributed by atoms with van der Waals surface area (Å²) in [6.45, 7) is 9.14. The van der Waals surface area contributed by atoms with Gasteiger partial charge in [-0.1, -0.05) is 20.8 Å². The van der Waals surface area contributed by atoms with Crippen LogP contribution in [0.15, 0.2) is 0 Å². The first-order valence-electron chi connectivity index (χ1n) is 5.34. The van der Waals surface area contributed by atoms with Crippen LogP contribution in [0.2, 0.25) is 0 Å². The summed E-state index contributed by atoms with van der Waals surface area (Å²) in [6, 6.07) is 0. The Bertz CT molecular complexity index is 159. The standard InChI is InChI=1S/C11H22O2S/c1-11(2,3)9(8-14)6-13-10-4-5-12-7-10/h9-10,14H,4-8H2,1-3H3. The maximum atomic E-state index is 5.81. The average Bonchev–Trinajstić information content (AvgIpc) is 2.55. The predicted molar refractivity (Wildman–Crippen MR) is 62.0 cm³/mol. The topological polar surface area (TPSA) is 18.5 Å². The zero-order valence-corrected chi connectivity index (χ0v) is 10.3. The van der Waals surface area contributed by atoms with Gasteiger partial charge in [-0.2, -0.15) is 12.6 Å². The van der Waals surface area contributed by atoms with E-state index < -0.39 is 0 Å². The molecule has 0 bridgehead atoms. The summed E-state index contributed by atoms with van der Waals surface area (Å²) >= 11 is 4.37. The van der Waals surface area contributed by atoms with E-state index in [4.69, 9.17) is 9.47 Å². The van der Waals surface area contributed by atoms with Crippen molar-refractivity contribution in [2.45, 2.75) is 33.3 Å². The predicted octanol–water partition coefficient (Wildman–Crippen LogP) is 2.38. The number of hydrogen-bond acceptors (Lipinski definition) is 3. The molecule has 2 unspecified atom stereocenters. The van der Waals surface area contributed by atoms with Crippen LogP contribution in [0.25, 0.3) is 0 Å². The van der Waals surface area contributed by atoms with Gasteiger partial charge in [0.1, 0.15) is 0 Å². The van der Waals surface area contributed by atoms with Crippen LogP contribution in [0.1, 0.15) is 27.2 Å². The smallest absolute Gasteiger partial charge is 0.0830 e. The summed E-state index contributed by atoms with van der Waals surface area (Å²) in [6.07, 6.45) is 1.36. The van der Waals surface area contributed by atoms with Crippen molar-refractivity contribution in [2.24, 2.45) is 11.3 Å². The van der Waals surface area contributed by atoms with Crippen molar-refractivity contribution < 1.29 is 9.47 Å². The maximum Gasteiger partial charge on any atom is 0.0830 e. The molecule has 0 spiro atoms. The van der Waals surface area contributed by atoms with Crippen LogP contribution in [0.4, 0.5) is 0 Å². The Morgan fingerprint density at radius 2 is 2.21 bits per heavy atom. The third-order valence-electron chi connectivity index (χ3n) is 2.87. The minimum atomic E-state index is 0.279. The van der Waals surface area contributed by atoms with Crippen LogP contribution < -0.4 is 0 Å². The molecule has 84 valence electrons. The molecule has 0 radical (unpaired) electrons. The summed E-state index contributed by atoms with van der Waals surface area (Å²) in [5.41, 5.74) is 0.279. The molecule has 2 nitrogen and oxygen atoms in total. The minimum absolute atomic E-state index is 0.279. The van der Waals surface area contributed by atoms with Crippen LogP contribution in [-0.2, 0) is 9.47 Å². The lowest BCUT2D eigenvalue weighted by Gasteiger charge is -2.30. The Balaban J connectivity index is 2.26. The zero-order valence-electron chi connectivity index (χ0n) is 9.45. The molecule has 0 aromatic rings. The van der Waals surface area contributed by atoms with Crippen LogP contribution in [0.5, 0.6) is 0 Å². The normalized spacial score (nSPS) is 25.3. The van der Waals surface area contributed by atoms with Crippen molar-refractivity contribution >= 4 is 12.6 Å². The van der Waals surface area contributed by atoms with Gasteiger partial charge in [-0.05, 0) is 23.5 Å². The number of hydrogen-bond donors (Lipinski definition) is 1. The van der Waals surface area contributed by atoms with Crippen molar-refractivity contribution in [3.63, 3.8) is 0 Å². The van der Waals surface area contributed by atoms with Gasteiger partial charge < -0.3 is 9.47 Å². The minimum Gasteiger partial charge on any atom is -0.379 e. The van der Waals surface area contributed by atoms with Gasteiger partial charge in [0.15, 0.2) is 0 Å². The van der Waals surface area contributed by atoms with E-state index in [1.54, 1.807) is 0 Å². The third-order valence-corrected chi connectivity index (χ3v) is 3.31. The molecule has 0 saturated carbocycles. The molecule has 14 heavy (non-hydrogen) atoms. The van der Waals surface area contributed by atoms with Gasteiger partial charge in [0, 0.05) is 6.61 Å². The van der Waals surface area contributed by atoms with Gasteiger partial charge in [0.2, 0.25) is 0 Å². The summed E-state index contributed by atoms with van der Waals surface area (Å²) < 4.78 is 11.1. The zero-order chi connectivity index (χ0) is 10.6. The lowest BCUT2D eigenvalue weighted by molar-refractivity contribution is 0.00448. The van der Waals surface area contributed by atoms with Crippen molar-refractivity contribution in [1.82, 2.24) is 0 Å². The molecule has 0 aromatic carbocycles. The molecule has 0 aromatic heterocycles. The highest BCUT2D eigenvalue weighted by atomic mass is 32.1. The van der Waals surface area contributed by atoms with Crippen LogP contribution in [-0.4, -0.2) is 31.7 Å². The Labute approximate surface area is 92.8 Å². The third kappa shape index (κ3) is 3.79. The highest BCUT2D eigenvalue weighted by Crippen LogP contribution is 2.27. The van der Waals surface area contributed by atoms with Gasteiger partial charge in [0.05, 0.1) is 19.3 Å². The Kier molecular flexibility index (Phi) is 4.74. The second-order valence-electron chi connectivity index (χ2n) is 5.06. The first-order valence-corrected chi connectivity index (χ1v) is 5.97. The summed E-state index contributed by atoms with van der Waals surface area (Å²) in [4.78, 5) is 0. The molecular formula is C11H22O2S. The van der Waals surface area contributed by atoms with Gasteiger partial charge in [-0.15, -0.1) is 0 Å². The highest BCUT2D eigenvalue weighted by molar-refractivity contribution is 7.80. The van der Waals surface area contributed by atoms with Crippen LogP contribution >= 0.6 is 12.6 Å². The molecule has 3 heteroatoms. The van der Waals surface area contributed by atoms with Crippen molar-refractivity contribution in [1.29, 1.82) is 0 Å². The molecular weight excluding hydrogens is 196 g/mol. The van der Waals surface area contributed by atoms with E-state index in [-0.39, 0.29) is 5.41 Å². The van der Waals surface area contributed by atoms with E-state index >= 15 is 0 Å². The van der Waals surface area contributed by atoms with Gasteiger partial charge in [0.25, 0.3) is 0 Å². The van der Waals surface area contributed by atoms with Crippen LogP contribution in [0.3, 0.4) is 0 Å². The molecule has 1 rings (SSSR count). The van der Waals surface area contributed by atoms with Crippen LogP contribution in [0, 0.1) is 11.3 Å². The summed E-state index contributed by atoms with van der Waals surface area (Å²) in [5, 5.41) is 0. The fraction of sp³-hybridized carbons (Fsp3) is 1.00. The lowest BCUT2D eigenvalue weighted by Crippen LogP contribution is -2.29. The second kappa shape index (κ2) is 5.38. The Morgan fingerprint density at radius 1 is 1.50 bits per heavy atom. The number of thiol groups is 1. The largest absolute Gasteiger partial charge is 0.379 e. The fourth-order valence-electron chi connectivity index (χ4n) is 1.47. The van der Waals surface area contributed by atoms with Crippen molar-refractivity contribution in [3.8, 4) is 0 Å². The molecule has 0 N–H and O–H groups in total. The quantitative estimate of drug-likeness (QED) is 0.730. The fourth-order valence-corrected chi connectivity index (χ4v) is 2.13. The van der Waals surface area contributed by atoms with E-state index in [1.807, 2.05) is 0 Å². The molecule has 1 fully saturated rings. The van der Waals surface area contributed by atoms with Gasteiger partial charge >= 0.3 is 0 Å². The first kappa shape index (κ1) is 12.3. The molecule has 1 aliphatic rings. The van der Waals surface area contributed by atoms with E-state index in [1.165, 1.54) is 0 Å². The Hall–Kier alpha value is 0.270. The molecule has 0 aliphatic carbocycles. The molecule has 1 aliphatic heterocycles. The van der Waals surface area contributed by atoms with Gasteiger partial charge in [-0.25, -0.2) is 0 Å². The summed E-state index contributed by atoms with van der Waals surface area (Å²) in [5.74, 6) is 1.41. The molecule has 1 saturated heterocycles. The van der Waals surface area contributed by atoms with E-state index in [0.29, 0.717) is 12.0 Å². The number of rotatable bonds is 4. The van der Waals surface area contributed by atoms with E-state index in [2.05, 4.69) is 33.4 Å². The van der Waals surface area contributed by atoms with E-state index in [0.717, 1.165) is 32.0 Å². The maximum absolute atomic E-state index is 5.81. The average molecular weight is 218 g/mol. The number of ether oxygens (including phenoxy) is 2.